The Bertz CT molecular complexity index is 216. The molecule has 0 aromatic carbocycles. The predicted octanol–water partition coefficient (Wildman–Crippen LogP) is 2.01. The highest BCUT2D eigenvalue weighted by Crippen LogP contribution is 2.59. The molecule has 2 nitrogen and oxygen atoms in total. The van der Waals surface area contributed by atoms with Crippen LogP contribution in [-0.4, -0.2) is 13.1 Å². The summed E-state index contributed by atoms with van der Waals surface area (Å²) >= 11 is 0. The maximum atomic E-state index is 11.2. The lowest BCUT2D eigenvalue weighted by Gasteiger charge is -1.98. The molecule has 0 amide bonds. The van der Waals surface area contributed by atoms with Crippen LogP contribution in [0.1, 0.15) is 20.8 Å². The molecule has 0 unspecified atom stereocenters. The number of esters is 1. The van der Waals surface area contributed by atoms with E-state index in [4.69, 9.17) is 4.74 Å². The van der Waals surface area contributed by atoms with E-state index in [0.29, 0.717) is 5.92 Å². The van der Waals surface area contributed by atoms with E-state index in [1.807, 2.05) is 13.0 Å². The Labute approximate surface area is 73.6 Å². The van der Waals surface area contributed by atoms with Gasteiger partial charge in [-0.2, -0.15) is 0 Å². The predicted molar refractivity (Wildman–Crippen MR) is 47.6 cm³/mol. The zero-order chi connectivity index (χ0) is 9.35. The second-order valence-electron chi connectivity index (χ2n) is 3.87. The minimum atomic E-state index is -0.0805. The molecule has 1 aliphatic carbocycles. The monoisotopic (exact) mass is 168 g/mol. The Morgan fingerprint density at radius 1 is 1.50 bits per heavy atom. The largest absolute Gasteiger partial charge is 0.469 e. The van der Waals surface area contributed by atoms with Crippen molar-refractivity contribution in [1.29, 1.82) is 0 Å². The molecule has 0 aromatic heterocycles. The number of hydrogen-bond donors (Lipinski definition) is 0. The highest BCUT2D eigenvalue weighted by atomic mass is 16.5. The van der Waals surface area contributed by atoms with Crippen LogP contribution < -0.4 is 0 Å². The van der Waals surface area contributed by atoms with Gasteiger partial charge in [0.05, 0.1) is 13.0 Å². The molecule has 0 aliphatic heterocycles. The first kappa shape index (κ1) is 9.30. The van der Waals surface area contributed by atoms with E-state index < -0.39 is 0 Å². The Kier molecular flexibility index (Phi) is 2.27. The average molecular weight is 168 g/mol. The lowest BCUT2D eigenvalue weighted by molar-refractivity contribution is -0.143. The Morgan fingerprint density at radius 2 is 2.08 bits per heavy atom. The summed E-state index contributed by atoms with van der Waals surface area (Å²) in [6.07, 6.45) is 4.08. The number of hydrogen-bond acceptors (Lipinski definition) is 2. The van der Waals surface area contributed by atoms with Gasteiger partial charge in [0.15, 0.2) is 0 Å². The summed E-state index contributed by atoms with van der Waals surface area (Å²) in [4.78, 5) is 11.2. The summed E-state index contributed by atoms with van der Waals surface area (Å²) in [6.45, 7) is 6.17. The van der Waals surface area contributed by atoms with Crippen molar-refractivity contribution in [2.75, 3.05) is 7.11 Å². The lowest BCUT2D eigenvalue weighted by atomic mass is 10.1. The quantitative estimate of drug-likeness (QED) is 0.465. The zero-order valence-corrected chi connectivity index (χ0v) is 8.13. The third kappa shape index (κ3) is 1.26. The molecule has 68 valence electrons. The van der Waals surface area contributed by atoms with Crippen molar-refractivity contribution in [3.05, 3.63) is 12.2 Å². The van der Waals surface area contributed by atoms with Gasteiger partial charge in [0, 0.05) is 0 Å². The van der Waals surface area contributed by atoms with Crippen molar-refractivity contribution >= 4 is 5.97 Å². The number of rotatable bonds is 2. The minimum absolute atomic E-state index is 0.0682. The Morgan fingerprint density at radius 3 is 2.50 bits per heavy atom. The van der Waals surface area contributed by atoms with Gasteiger partial charge in [0.1, 0.15) is 0 Å². The van der Waals surface area contributed by atoms with Crippen molar-refractivity contribution in [2.45, 2.75) is 20.8 Å². The van der Waals surface area contributed by atoms with Crippen LogP contribution in [0.3, 0.4) is 0 Å². The summed E-state index contributed by atoms with van der Waals surface area (Å²) in [6, 6.07) is 0. The smallest absolute Gasteiger partial charge is 0.309 e. The molecular formula is C10H16O2. The molecule has 2 heteroatoms. The van der Waals surface area contributed by atoms with Gasteiger partial charge in [-0.15, -0.1) is 0 Å². The van der Waals surface area contributed by atoms with E-state index in [9.17, 15) is 4.79 Å². The molecule has 1 aliphatic rings. The van der Waals surface area contributed by atoms with Crippen LogP contribution in [0.2, 0.25) is 0 Å². The minimum Gasteiger partial charge on any atom is -0.469 e. The summed E-state index contributed by atoms with van der Waals surface area (Å²) in [5.74, 6) is 0.358. The average Bonchev–Trinajstić information content (AvgIpc) is 2.53. The van der Waals surface area contributed by atoms with Gasteiger partial charge in [-0.3, -0.25) is 4.79 Å². The summed E-state index contributed by atoms with van der Waals surface area (Å²) < 4.78 is 4.71. The number of ether oxygens (including phenoxy) is 1. The van der Waals surface area contributed by atoms with Gasteiger partial charge in [0.25, 0.3) is 0 Å². The first-order valence-electron chi connectivity index (χ1n) is 4.26. The number of carbonyl (C=O) groups excluding carboxylic acids is 1. The molecule has 1 rings (SSSR count). The second-order valence-corrected chi connectivity index (χ2v) is 3.87. The van der Waals surface area contributed by atoms with Gasteiger partial charge in [-0.1, -0.05) is 26.0 Å². The van der Waals surface area contributed by atoms with E-state index in [-0.39, 0.29) is 17.3 Å². The number of carbonyl (C=O) groups is 1. The fourth-order valence-corrected chi connectivity index (χ4v) is 1.82. The molecule has 0 bridgehead atoms. The van der Waals surface area contributed by atoms with Crippen molar-refractivity contribution in [1.82, 2.24) is 0 Å². The number of methoxy groups -OCH3 is 1. The van der Waals surface area contributed by atoms with Crippen molar-refractivity contribution in [3.63, 3.8) is 0 Å². The Hall–Kier alpha value is -0.790. The topological polar surface area (TPSA) is 26.3 Å². The van der Waals surface area contributed by atoms with Gasteiger partial charge in [-0.25, -0.2) is 0 Å². The normalized spacial score (nSPS) is 32.0. The summed E-state index contributed by atoms with van der Waals surface area (Å²) in [5, 5.41) is 0. The van der Waals surface area contributed by atoms with Crippen molar-refractivity contribution in [3.8, 4) is 0 Å². The van der Waals surface area contributed by atoms with Crippen molar-refractivity contribution in [2.24, 2.45) is 17.3 Å². The van der Waals surface area contributed by atoms with Crippen LogP contribution in [0.15, 0.2) is 12.2 Å². The van der Waals surface area contributed by atoms with Crippen LogP contribution in [-0.2, 0) is 9.53 Å². The van der Waals surface area contributed by atoms with E-state index in [1.54, 1.807) is 0 Å². The first-order valence-corrected chi connectivity index (χ1v) is 4.26. The van der Waals surface area contributed by atoms with Gasteiger partial charge >= 0.3 is 5.97 Å². The molecule has 2 atom stereocenters. The third-order valence-corrected chi connectivity index (χ3v) is 2.77. The molecule has 0 saturated heterocycles. The maximum absolute atomic E-state index is 11.2. The van der Waals surface area contributed by atoms with E-state index >= 15 is 0 Å². The summed E-state index contributed by atoms with van der Waals surface area (Å²) in [7, 11) is 1.45. The molecule has 1 fully saturated rings. The first-order chi connectivity index (χ1) is 5.55. The van der Waals surface area contributed by atoms with Crippen LogP contribution in [0.5, 0.6) is 0 Å². The standard InChI is InChI=1S/C10H16O2/c1-5-6-7-8(9(11)12-4)10(7,2)3/h5-8H,1-4H3/t7-,8-/m0/s1. The maximum Gasteiger partial charge on any atom is 0.309 e. The second kappa shape index (κ2) is 2.92. The molecule has 0 N–H and O–H groups in total. The molecule has 0 spiro atoms. The van der Waals surface area contributed by atoms with Crippen LogP contribution in [0.4, 0.5) is 0 Å². The number of allylic oxidation sites excluding steroid dienone is 2. The van der Waals surface area contributed by atoms with Gasteiger partial charge in [-0.05, 0) is 18.3 Å². The Balaban J connectivity index is 2.66. The molecule has 12 heavy (non-hydrogen) atoms. The highest BCUT2D eigenvalue weighted by molar-refractivity contribution is 5.78. The fourth-order valence-electron chi connectivity index (χ4n) is 1.82. The molecule has 0 aromatic rings. The SMILES string of the molecule is CC=C[C@H]1[C@@H](C(=O)OC)C1(C)C. The fraction of sp³-hybridized carbons (Fsp3) is 0.700. The highest BCUT2D eigenvalue weighted by Gasteiger charge is 2.60. The van der Waals surface area contributed by atoms with Gasteiger partial charge in [0.2, 0.25) is 0 Å². The molecular weight excluding hydrogens is 152 g/mol. The van der Waals surface area contributed by atoms with Crippen LogP contribution in [0.25, 0.3) is 0 Å². The zero-order valence-electron chi connectivity index (χ0n) is 8.13. The van der Waals surface area contributed by atoms with Crippen LogP contribution in [0, 0.1) is 17.3 Å². The van der Waals surface area contributed by atoms with Crippen molar-refractivity contribution < 1.29 is 9.53 Å². The molecule has 0 heterocycles. The van der Waals surface area contributed by atoms with E-state index in [1.165, 1.54) is 7.11 Å². The third-order valence-electron chi connectivity index (χ3n) is 2.77. The molecule has 1 saturated carbocycles. The van der Waals surface area contributed by atoms with Crippen LogP contribution >= 0.6 is 0 Å². The van der Waals surface area contributed by atoms with Gasteiger partial charge < -0.3 is 4.74 Å². The molecule has 0 radical (unpaired) electrons. The van der Waals surface area contributed by atoms with E-state index in [0.717, 1.165) is 0 Å². The summed E-state index contributed by atoms with van der Waals surface area (Å²) in [5.41, 5.74) is 0.0968. The van der Waals surface area contributed by atoms with E-state index in [2.05, 4.69) is 19.9 Å². The lowest BCUT2D eigenvalue weighted by Crippen LogP contribution is -2.07.